The quantitative estimate of drug-likeness (QED) is 0.464. The second-order valence-electron chi connectivity index (χ2n) is 9.83. The van der Waals surface area contributed by atoms with Crippen LogP contribution in [0.15, 0.2) is 6.07 Å². The zero-order chi connectivity index (χ0) is 27.0. The third-order valence-electron chi connectivity index (χ3n) is 5.45. The fourth-order valence-electron chi connectivity index (χ4n) is 3.91. The number of ether oxygens (including phenoxy) is 2. The van der Waals surface area contributed by atoms with Gasteiger partial charge >= 0.3 is 18.3 Å². The van der Waals surface area contributed by atoms with Crippen LogP contribution < -0.4 is 15.0 Å². The summed E-state index contributed by atoms with van der Waals surface area (Å²) in [6.07, 6.45) is -3.76. The van der Waals surface area contributed by atoms with Gasteiger partial charge in [0.25, 0.3) is 0 Å². The molecule has 1 aliphatic rings. The van der Waals surface area contributed by atoms with E-state index in [1.807, 2.05) is 11.0 Å². The number of aromatic nitrogens is 5. The van der Waals surface area contributed by atoms with Gasteiger partial charge in [0.2, 0.25) is 5.82 Å². The summed E-state index contributed by atoms with van der Waals surface area (Å²) in [5.41, 5.74) is -0.619. The average Bonchev–Trinajstić information content (AvgIpc) is 3.39. The van der Waals surface area contributed by atoms with Gasteiger partial charge < -0.3 is 24.3 Å². The SMILES string of the molecule is CCCc1cc2c(N3CCn4c(nnc4C(F)(F)F)C3)nc(OC(C)CNC(=O)OC(C)(C)C)nc2s1. The van der Waals surface area contributed by atoms with Crippen molar-refractivity contribution < 1.29 is 27.4 Å². The van der Waals surface area contributed by atoms with Crippen LogP contribution in [0.5, 0.6) is 6.01 Å². The molecule has 0 saturated heterocycles. The number of anilines is 1. The molecule has 1 unspecified atom stereocenters. The Morgan fingerprint density at radius 2 is 1.97 bits per heavy atom. The van der Waals surface area contributed by atoms with Crippen molar-refractivity contribution >= 4 is 33.5 Å². The van der Waals surface area contributed by atoms with E-state index in [4.69, 9.17) is 9.47 Å². The summed E-state index contributed by atoms with van der Waals surface area (Å²) in [6, 6.07) is 2.14. The van der Waals surface area contributed by atoms with Gasteiger partial charge in [-0.3, -0.25) is 0 Å². The Balaban J connectivity index is 1.57. The molecule has 3 aromatic rings. The molecule has 10 nitrogen and oxygen atoms in total. The van der Waals surface area contributed by atoms with Crippen LogP contribution in [-0.4, -0.2) is 55.6 Å². The minimum absolute atomic E-state index is 0.0705. The van der Waals surface area contributed by atoms with Crippen molar-refractivity contribution in [1.82, 2.24) is 30.0 Å². The van der Waals surface area contributed by atoms with Gasteiger partial charge in [-0.15, -0.1) is 21.5 Å². The number of alkyl carbamates (subject to hydrolysis) is 1. The number of carbonyl (C=O) groups excluding carboxylic acids is 1. The Kier molecular flexibility index (Phi) is 7.49. The third kappa shape index (κ3) is 6.40. The molecular weight excluding hydrogens is 511 g/mol. The minimum Gasteiger partial charge on any atom is -0.458 e. The smallest absolute Gasteiger partial charge is 0.451 e. The predicted molar refractivity (Wildman–Crippen MR) is 132 cm³/mol. The number of alkyl halides is 3. The molecule has 0 aromatic carbocycles. The summed E-state index contributed by atoms with van der Waals surface area (Å²) in [4.78, 5) is 24.9. The van der Waals surface area contributed by atoms with Crippen LogP contribution in [-0.2, 0) is 30.4 Å². The van der Waals surface area contributed by atoms with E-state index in [2.05, 4.69) is 32.4 Å². The van der Waals surface area contributed by atoms with Gasteiger partial charge in [0.05, 0.1) is 18.5 Å². The number of hydrogen-bond donors (Lipinski definition) is 1. The summed E-state index contributed by atoms with van der Waals surface area (Å²) in [5.74, 6) is -0.216. The molecule has 1 aliphatic heterocycles. The molecular formula is C23H30F3N7O3S. The minimum atomic E-state index is -4.57. The number of fused-ring (bicyclic) bond motifs is 2. The van der Waals surface area contributed by atoms with E-state index in [-0.39, 0.29) is 38.0 Å². The molecule has 1 atom stereocenters. The Morgan fingerprint density at radius 1 is 1.22 bits per heavy atom. The van der Waals surface area contributed by atoms with Crippen LogP contribution in [0.3, 0.4) is 0 Å². The number of thiophene rings is 1. The van der Waals surface area contributed by atoms with Crippen LogP contribution in [0.1, 0.15) is 57.6 Å². The number of aryl methyl sites for hydroxylation is 1. The zero-order valence-corrected chi connectivity index (χ0v) is 22.2. The van der Waals surface area contributed by atoms with Crippen molar-refractivity contribution in [3.05, 3.63) is 22.6 Å². The van der Waals surface area contributed by atoms with Crippen LogP contribution in [0.2, 0.25) is 0 Å². The van der Waals surface area contributed by atoms with Gasteiger partial charge in [0.1, 0.15) is 22.4 Å². The molecule has 0 saturated carbocycles. The van der Waals surface area contributed by atoms with Crippen LogP contribution >= 0.6 is 11.3 Å². The second kappa shape index (κ2) is 10.3. The van der Waals surface area contributed by atoms with E-state index in [9.17, 15) is 18.0 Å². The molecule has 4 heterocycles. The van der Waals surface area contributed by atoms with E-state index < -0.39 is 29.8 Å². The van der Waals surface area contributed by atoms with Crippen LogP contribution in [0, 0.1) is 0 Å². The monoisotopic (exact) mass is 541 g/mol. The number of nitrogens with zero attached hydrogens (tertiary/aromatic N) is 6. The Labute approximate surface area is 216 Å². The molecule has 202 valence electrons. The number of nitrogens with one attached hydrogen (secondary N) is 1. The summed E-state index contributed by atoms with van der Waals surface area (Å²) in [7, 11) is 0. The third-order valence-corrected chi connectivity index (χ3v) is 6.53. The first kappa shape index (κ1) is 26.9. The lowest BCUT2D eigenvalue weighted by molar-refractivity contribution is -0.147. The lowest BCUT2D eigenvalue weighted by Crippen LogP contribution is -2.38. The lowest BCUT2D eigenvalue weighted by Gasteiger charge is -2.29. The number of rotatable bonds is 7. The average molecular weight is 542 g/mol. The van der Waals surface area contributed by atoms with Gasteiger partial charge in [-0.05, 0) is 40.2 Å². The fourth-order valence-corrected chi connectivity index (χ4v) is 5.03. The lowest BCUT2D eigenvalue weighted by atomic mass is 10.2. The van der Waals surface area contributed by atoms with Crippen molar-refractivity contribution in [2.75, 3.05) is 18.0 Å². The molecule has 0 fully saturated rings. The fraction of sp³-hybridized carbons (Fsp3) is 0.609. The largest absolute Gasteiger partial charge is 0.458 e. The zero-order valence-electron chi connectivity index (χ0n) is 21.3. The maximum absolute atomic E-state index is 13.3. The number of hydrogen-bond acceptors (Lipinski definition) is 9. The van der Waals surface area contributed by atoms with E-state index in [0.29, 0.717) is 5.82 Å². The number of halogens is 3. The van der Waals surface area contributed by atoms with Crippen molar-refractivity contribution in [2.45, 2.75) is 78.4 Å². The first-order chi connectivity index (χ1) is 17.3. The molecule has 14 heteroatoms. The number of carbonyl (C=O) groups is 1. The molecule has 0 aliphatic carbocycles. The van der Waals surface area contributed by atoms with Crippen molar-refractivity contribution in [2.24, 2.45) is 0 Å². The molecule has 37 heavy (non-hydrogen) atoms. The normalized spacial score (nSPS) is 15.0. The summed E-state index contributed by atoms with van der Waals surface area (Å²) >= 11 is 1.53. The summed E-state index contributed by atoms with van der Waals surface area (Å²) in [6.45, 7) is 9.82. The predicted octanol–water partition coefficient (Wildman–Crippen LogP) is 4.57. The van der Waals surface area contributed by atoms with Gasteiger partial charge in [-0.25, -0.2) is 4.79 Å². The highest BCUT2D eigenvalue weighted by Crippen LogP contribution is 2.36. The molecule has 1 N–H and O–H groups in total. The molecule has 3 aromatic heterocycles. The van der Waals surface area contributed by atoms with Gasteiger partial charge in [-0.2, -0.15) is 23.1 Å². The summed E-state index contributed by atoms with van der Waals surface area (Å²) < 4.78 is 52.1. The maximum Gasteiger partial charge on any atom is 0.451 e. The highest BCUT2D eigenvalue weighted by Gasteiger charge is 2.39. The molecule has 1 amide bonds. The van der Waals surface area contributed by atoms with Crippen molar-refractivity contribution in [3.8, 4) is 6.01 Å². The van der Waals surface area contributed by atoms with E-state index >= 15 is 0 Å². The first-order valence-electron chi connectivity index (χ1n) is 12.0. The first-order valence-corrected chi connectivity index (χ1v) is 12.8. The Hall–Kier alpha value is -3.16. The molecule has 0 bridgehead atoms. The van der Waals surface area contributed by atoms with Crippen LogP contribution in [0.4, 0.5) is 23.8 Å². The second-order valence-corrected chi connectivity index (χ2v) is 10.9. The van der Waals surface area contributed by atoms with E-state index in [1.54, 1.807) is 27.7 Å². The maximum atomic E-state index is 13.3. The van der Waals surface area contributed by atoms with E-state index in [0.717, 1.165) is 32.5 Å². The molecule has 4 rings (SSSR count). The Bertz CT molecular complexity index is 1270. The molecule has 0 spiro atoms. The highest BCUT2D eigenvalue weighted by atomic mass is 32.1. The highest BCUT2D eigenvalue weighted by molar-refractivity contribution is 7.18. The standard InChI is InChI=1S/C23H30F3N7O3S/c1-6-7-14-10-15-17(32-8-9-33-16(12-32)30-31-19(33)23(24,25)26)28-20(29-18(15)37-14)35-13(2)11-27-21(34)36-22(3,4)5/h10,13H,6-9,11-12H2,1-5H3,(H,27,34). The number of amides is 1. The van der Waals surface area contributed by atoms with Crippen LogP contribution in [0.25, 0.3) is 10.2 Å². The van der Waals surface area contributed by atoms with Crippen molar-refractivity contribution in [3.63, 3.8) is 0 Å². The van der Waals surface area contributed by atoms with Gasteiger partial charge in [0, 0.05) is 18.0 Å². The topological polar surface area (TPSA) is 107 Å². The van der Waals surface area contributed by atoms with E-state index in [1.165, 1.54) is 11.3 Å². The van der Waals surface area contributed by atoms with Crippen molar-refractivity contribution in [1.29, 1.82) is 0 Å². The molecule has 0 radical (unpaired) electrons. The summed E-state index contributed by atoms with van der Waals surface area (Å²) in [5, 5.41) is 10.6. The van der Waals surface area contributed by atoms with Gasteiger partial charge in [0.15, 0.2) is 5.82 Å². The van der Waals surface area contributed by atoms with Gasteiger partial charge in [-0.1, -0.05) is 13.3 Å². The Morgan fingerprint density at radius 3 is 2.65 bits per heavy atom.